The second-order valence-corrected chi connectivity index (χ2v) is 12.3. The van der Waals surface area contributed by atoms with E-state index in [2.05, 4.69) is 6.07 Å². The van der Waals surface area contributed by atoms with E-state index in [-0.39, 0.29) is 19.8 Å². The van der Waals surface area contributed by atoms with Gasteiger partial charge in [0.05, 0.1) is 0 Å². The maximum absolute atomic E-state index is 13.3. The highest BCUT2D eigenvalue weighted by atomic mass is 32.2. The van der Waals surface area contributed by atoms with E-state index < -0.39 is 18.4 Å². The first-order chi connectivity index (χ1) is 18.3. The van der Waals surface area contributed by atoms with Crippen LogP contribution in [0.4, 0.5) is 13.2 Å². The topological polar surface area (TPSA) is 77.8 Å². The van der Waals surface area contributed by atoms with Gasteiger partial charge in [-0.1, -0.05) is 24.3 Å². The van der Waals surface area contributed by atoms with Gasteiger partial charge in [0.2, 0.25) is 5.78 Å². The minimum Gasteiger partial charge on any atom is -0.396 e. The van der Waals surface area contributed by atoms with Crippen molar-refractivity contribution in [1.82, 2.24) is 0 Å². The molecule has 0 spiro atoms. The van der Waals surface area contributed by atoms with Crippen molar-refractivity contribution in [3.05, 3.63) is 42.0 Å². The quantitative estimate of drug-likeness (QED) is 0.0870. The van der Waals surface area contributed by atoms with Crippen molar-refractivity contribution >= 4 is 73.4 Å². The smallest absolute Gasteiger partial charge is 0.396 e. The average Bonchev–Trinajstić information content (AvgIpc) is 2.89. The van der Waals surface area contributed by atoms with Crippen LogP contribution in [0, 0.1) is 0 Å². The van der Waals surface area contributed by atoms with Crippen molar-refractivity contribution in [3.8, 4) is 0 Å². The Balaban J connectivity index is 1.99. The first-order valence-corrected chi connectivity index (χ1v) is 15.3. The predicted molar refractivity (Wildman–Crippen MR) is 152 cm³/mol. The van der Waals surface area contributed by atoms with Crippen LogP contribution in [-0.4, -0.2) is 64.4 Å². The number of rotatable bonds is 14. The highest BCUT2D eigenvalue weighted by Crippen LogP contribution is 2.46. The zero-order valence-corrected chi connectivity index (χ0v) is 23.1. The molecule has 0 aliphatic heterocycles. The Morgan fingerprint density at radius 2 is 1.05 bits per heavy atom. The molecule has 4 nitrogen and oxygen atoms in total. The fraction of sp³-hybridized carbons (Fsp3) is 0.393. The van der Waals surface area contributed by atoms with E-state index in [1.54, 1.807) is 29.6 Å². The minimum atomic E-state index is -4.92. The molecule has 0 aromatic heterocycles. The standard InChI is InChI=1S/C28H29F3O4S3/c29-28(30,31)25(35)15-17-14-22(36-11-1-8-32)19-6-7-21-24(38-13-3-10-34)16-23(37-12-2-9-33)20-5-4-18(17)26(19)27(20)21/h4-7,14,16,32-34H,1-3,8-13,15H2. The molecule has 0 heterocycles. The molecule has 0 saturated heterocycles. The third-order valence-corrected chi connectivity index (χ3v) is 9.64. The second kappa shape index (κ2) is 13.1. The molecule has 0 aliphatic carbocycles. The van der Waals surface area contributed by atoms with Crippen molar-refractivity contribution in [2.75, 3.05) is 37.1 Å². The van der Waals surface area contributed by atoms with Crippen LogP contribution < -0.4 is 0 Å². The highest BCUT2D eigenvalue weighted by Gasteiger charge is 2.38. The van der Waals surface area contributed by atoms with Crippen molar-refractivity contribution < 1.29 is 33.3 Å². The van der Waals surface area contributed by atoms with Crippen molar-refractivity contribution in [2.24, 2.45) is 0 Å². The number of halogens is 3. The van der Waals surface area contributed by atoms with Gasteiger partial charge in [0.25, 0.3) is 0 Å². The van der Waals surface area contributed by atoms with Gasteiger partial charge in [-0.2, -0.15) is 13.2 Å². The molecule has 0 unspecified atom stereocenters. The largest absolute Gasteiger partial charge is 0.450 e. The van der Waals surface area contributed by atoms with Gasteiger partial charge in [0, 0.05) is 58.2 Å². The monoisotopic (exact) mass is 582 g/mol. The van der Waals surface area contributed by atoms with Gasteiger partial charge in [0.1, 0.15) is 0 Å². The van der Waals surface area contributed by atoms with Crippen LogP contribution in [0.2, 0.25) is 0 Å². The Morgan fingerprint density at radius 3 is 1.47 bits per heavy atom. The molecule has 0 amide bonds. The fourth-order valence-electron chi connectivity index (χ4n) is 4.49. The Bertz CT molecular complexity index is 1380. The summed E-state index contributed by atoms with van der Waals surface area (Å²) < 4.78 is 39.8. The Hall–Kier alpha value is -1.69. The lowest BCUT2D eigenvalue weighted by molar-refractivity contribution is -0.170. The van der Waals surface area contributed by atoms with Crippen LogP contribution >= 0.6 is 35.3 Å². The van der Waals surface area contributed by atoms with E-state index in [9.17, 15) is 33.3 Å². The molecular weight excluding hydrogens is 553 g/mol. The molecule has 0 fully saturated rings. The number of ketones is 1. The van der Waals surface area contributed by atoms with Crippen LogP contribution in [0.5, 0.6) is 0 Å². The number of carbonyl (C=O) groups excluding carboxylic acids is 1. The summed E-state index contributed by atoms with van der Waals surface area (Å²) in [6.45, 7) is 0.186. The molecule has 4 aromatic carbocycles. The molecule has 4 rings (SSSR count). The number of alkyl halides is 3. The average molecular weight is 583 g/mol. The van der Waals surface area contributed by atoms with Crippen LogP contribution in [0.25, 0.3) is 32.3 Å². The maximum Gasteiger partial charge on any atom is 0.450 e. The molecular formula is C28H29F3O4S3. The van der Waals surface area contributed by atoms with Gasteiger partial charge >= 0.3 is 6.18 Å². The first kappa shape index (κ1) is 29.3. The first-order valence-electron chi connectivity index (χ1n) is 12.4. The molecule has 0 saturated carbocycles. The molecule has 204 valence electrons. The Labute approximate surface area is 231 Å². The lowest BCUT2D eigenvalue weighted by Crippen LogP contribution is -2.24. The zero-order valence-electron chi connectivity index (χ0n) is 20.6. The third-order valence-electron chi connectivity index (χ3n) is 6.22. The molecule has 0 aliphatic rings. The number of aliphatic hydroxyl groups is 3. The van der Waals surface area contributed by atoms with Gasteiger partial charge in [-0.05, 0) is 69.3 Å². The fourth-order valence-corrected chi connectivity index (χ4v) is 7.64. The summed E-state index contributed by atoms with van der Waals surface area (Å²) in [7, 11) is 0. The van der Waals surface area contributed by atoms with E-state index in [4.69, 9.17) is 0 Å². The summed E-state index contributed by atoms with van der Waals surface area (Å²) in [4.78, 5) is 14.9. The van der Waals surface area contributed by atoms with E-state index in [1.807, 2.05) is 24.3 Å². The summed E-state index contributed by atoms with van der Waals surface area (Å²) in [6.07, 6.45) is -3.84. The zero-order chi connectivity index (χ0) is 27.3. The number of thioether (sulfide) groups is 3. The van der Waals surface area contributed by atoms with Crippen molar-refractivity contribution in [1.29, 1.82) is 0 Å². The number of benzene rings is 4. The Kier molecular flexibility index (Phi) is 10.1. The van der Waals surface area contributed by atoms with Crippen LogP contribution in [-0.2, 0) is 11.2 Å². The molecule has 10 heteroatoms. The van der Waals surface area contributed by atoms with Gasteiger partial charge in [0.15, 0.2) is 0 Å². The summed E-state index contributed by atoms with van der Waals surface area (Å²) in [5.74, 6) is 0.251. The third kappa shape index (κ3) is 6.37. The Morgan fingerprint density at radius 1 is 0.658 bits per heavy atom. The summed E-state index contributed by atoms with van der Waals surface area (Å²) in [6, 6.07) is 11.6. The van der Waals surface area contributed by atoms with Gasteiger partial charge in [-0.25, -0.2) is 0 Å². The molecule has 0 radical (unpaired) electrons. The number of hydrogen-bond donors (Lipinski definition) is 3. The number of hydrogen-bond acceptors (Lipinski definition) is 7. The van der Waals surface area contributed by atoms with Crippen LogP contribution in [0.1, 0.15) is 24.8 Å². The lowest BCUT2D eigenvalue weighted by Gasteiger charge is -2.20. The van der Waals surface area contributed by atoms with Crippen molar-refractivity contribution in [3.63, 3.8) is 0 Å². The van der Waals surface area contributed by atoms with E-state index >= 15 is 0 Å². The minimum absolute atomic E-state index is 0.0150. The van der Waals surface area contributed by atoms with Gasteiger partial charge < -0.3 is 15.3 Å². The summed E-state index contributed by atoms with van der Waals surface area (Å²) in [5, 5.41) is 33.1. The van der Waals surface area contributed by atoms with E-state index in [0.29, 0.717) is 36.0 Å². The number of carbonyl (C=O) groups is 1. The van der Waals surface area contributed by atoms with Gasteiger partial charge in [-0.3, -0.25) is 4.79 Å². The molecule has 0 bridgehead atoms. The van der Waals surface area contributed by atoms with Crippen LogP contribution in [0.3, 0.4) is 0 Å². The van der Waals surface area contributed by atoms with Crippen LogP contribution in [0.15, 0.2) is 51.1 Å². The normalized spacial score (nSPS) is 12.4. The number of aliphatic hydroxyl groups excluding tert-OH is 3. The van der Waals surface area contributed by atoms with Crippen molar-refractivity contribution in [2.45, 2.75) is 46.5 Å². The second-order valence-electron chi connectivity index (χ2n) is 8.85. The summed E-state index contributed by atoms with van der Waals surface area (Å²) >= 11 is 4.73. The predicted octanol–water partition coefficient (Wildman–Crippen LogP) is 6.68. The lowest BCUT2D eigenvalue weighted by atomic mass is 9.90. The maximum atomic E-state index is 13.3. The molecule has 4 aromatic rings. The van der Waals surface area contributed by atoms with Gasteiger partial charge in [-0.15, -0.1) is 35.3 Å². The summed E-state index contributed by atoms with van der Waals surface area (Å²) in [5.41, 5.74) is 0.341. The SMILES string of the molecule is O=C(Cc1cc(SCCCO)c2ccc3c(SCCCO)cc(SCCCO)c4ccc1c2c43)C(F)(F)F. The van der Waals surface area contributed by atoms with E-state index in [1.165, 1.54) is 11.8 Å². The highest BCUT2D eigenvalue weighted by molar-refractivity contribution is 8.00. The van der Waals surface area contributed by atoms with E-state index in [0.717, 1.165) is 53.1 Å². The molecule has 0 atom stereocenters. The molecule has 3 N–H and O–H groups in total. The number of Topliss-reactive ketones (excluding diaryl/α,β-unsaturated/α-hetero) is 1. The molecule has 38 heavy (non-hydrogen) atoms.